The number of piperidine rings is 1. The van der Waals surface area contributed by atoms with Gasteiger partial charge in [0.05, 0.1) is 15.1 Å². The largest absolute Gasteiger partial charge is 0.486 e. The number of benzene rings is 2. The van der Waals surface area contributed by atoms with Crippen molar-refractivity contribution in [2.24, 2.45) is 0 Å². The number of aryl methyl sites for hydroxylation is 1. The van der Waals surface area contributed by atoms with Crippen molar-refractivity contribution in [2.45, 2.75) is 30.8 Å². The summed E-state index contributed by atoms with van der Waals surface area (Å²) in [5.41, 5.74) is 2.09. The molecule has 3 aromatic rings. The molecule has 158 valence electrons. The first-order chi connectivity index (χ1) is 14.5. The lowest BCUT2D eigenvalue weighted by Crippen LogP contribution is -2.41. The highest BCUT2D eigenvalue weighted by molar-refractivity contribution is 7.89. The van der Waals surface area contributed by atoms with Gasteiger partial charge in [0, 0.05) is 19.2 Å². The van der Waals surface area contributed by atoms with E-state index in [9.17, 15) is 8.42 Å². The van der Waals surface area contributed by atoms with Crippen molar-refractivity contribution in [1.82, 2.24) is 9.29 Å². The van der Waals surface area contributed by atoms with Crippen molar-refractivity contribution < 1.29 is 22.6 Å². The Morgan fingerprint density at radius 2 is 1.87 bits per heavy atom. The fourth-order valence-corrected chi connectivity index (χ4v) is 6.23. The lowest BCUT2D eigenvalue weighted by molar-refractivity contribution is 0.135. The zero-order valence-electron chi connectivity index (χ0n) is 16.5. The summed E-state index contributed by atoms with van der Waals surface area (Å²) in [6.45, 7) is 3.75. The maximum Gasteiger partial charge on any atom is 0.274 e. The molecule has 2 aliphatic rings. The minimum absolute atomic E-state index is 0.0439. The van der Waals surface area contributed by atoms with E-state index in [0.29, 0.717) is 55.8 Å². The summed E-state index contributed by atoms with van der Waals surface area (Å²) in [7, 11) is -3.59. The predicted octanol–water partition coefficient (Wildman–Crippen LogP) is 3.61. The Kier molecular flexibility index (Phi) is 5.04. The first kappa shape index (κ1) is 19.6. The minimum atomic E-state index is -3.59. The monoisotopic (exact) mass is 446 g/mol. The van der Waals surface area contributed by atoms with E-state index in [1.807, 2.05) is 25.1 Å². The molecular formula is C21H22N2O5S2. The van der Waals surface area contributed by atoms with Crippen molar-refractivity contribution in [3.63, 3.8) is 0 Å². The third kappa shape index (κ3) is 3.61. The Labute approximate surface area is 179 Å². The van der Waals surface area contributed by atoms with Gasteiger partial charge >= 0.3 is 0 Å². The van der Waals surface area contributed by atoms with E-state index in [1.54, 1.807) is 18.2 Å². The molecule has 7 nitrogen and oxygen atoms in total. The van der Waals surface area contributed by atoms with Gasteiger partial charge in [-0.15, -0.1) is 0 Å². The standard InChI is InChI=1S/C21H22N2O5S2/c1-14-3-2-4-19-20(14)22-21(29-19)28-15-7-9-23(10-8-15)30(24,25)16-5-6-17-18(13-16)27-12-11-26-17/h2-6,13,15H,7-12H2,1H3. The van der Waals surface area contributed by atoms with Gasteiger partial charge in [-0.25, -0.2) is 13.4 Å². The number of hydrogen-bond donors (Lipinski definition) is 0. The van der Waals surface area contributed by atoms with E-state index >= 15 is 0 Å². The van der Waals surface area contributed by atoms with Crippen LogP contribution in [0, 0.1) is 6.92 Å². The fourth-order valence-electron chi connectivity index (χ4n) is 3.78. The second-order valence-corrected chi connectivity index (χ2v) is 10.4. The number of rotatable bonds is 4. The molecule has 1 fully saturated rings. The molecule has 0 atom stereocenters. The van der Waals surface area contributed by atoms with E-state index in [4.69, 9.17) is 14.2 Å². The van der Waals surface area contributed by atoms with Crippen LogP contribution in [0.2, 0.25) is 0 Å². The Hall–Kier alpha value is -2.36. The van der Waals surface area contributed by atoms with Gasteiger partial charge in [0.2, 0.25) is 10.0 Å². The average Bonchev–Trinajstić information content (AvgIpc) is 3.18. The molecule has 1 saturated heterocycles. The minimum Gasteiger partial charge on any atom is -0.486 e. The topological polar surface area (TPSA) is 78.0 Å². The van der Waals surface area contributed by atoms with Crippen LogP contribution in [0.5, 0.6) is 16.7 Å². The molecule has 5 rings (SSSR count). The van der Waals surface area contributed by atoms with Crippen LogP contribution in [-0.2, 0) is 10.0 Å². The molecule has 2 aromatic carbocycles. The Morgan fingerprint density at radius 1 is 1.10 bits per heavy atom. The van der Waals surface area contributed by atoms with Crippen LogP contribution in [0.15, 0.2) is 41.3 Å². The van der Waals surface area contributed by atoms with Crippen molar-refractivity contribution in [1.29, 1.82) is 0 Å². The molecule has 1 aromatic heterocycles. The molecule has 0 spiro atoms. The zero-order valence-corrected chi connectivity index (χ0v) is 18.2. The van der Waals surface area contributed by atoms with Gasteiger partial charge in [-0.3, -0.25) is 0 Å². The summed E-state index contributed by atoms with van der Waals surface area (Å²) < 4.78 is 45.9. The van der Waals surface area contributed by atoms with Gasteiger partial charge in [-0.2, -0.15) is 4.31 Å². The fraction of sp³-hybridized carbons (Fsp3) is 0.381. The maximum absolute atomic E-state index is 13.1. The highest BCUT2D eigenvalue weighted by Gasteiger charge is 2.31. The Balaban J connectivity index is 1.26. The molecule has 2 aliphatic heterocycles. The molecule has 30 heavy (non-hydrogen) atoms. The summed E-state index contributed by atoms with van der Waals surface area (Å²) >= 11 is 1.53. The van der Waals surface area contributed by atoms with Crippen LogP contribution in [0.1, 0.15) is 18.4 Å². The second kappa shape index (κ2) is 7.72. The number of nitrogens with zero attached hydrogens (tertiary/aromatic N) is 2. The number of hydrogen-bond acceptors (Lipinski definition) is 7. The van der Waals surface area contributed by atoms with Crippen LogP contribution < -0.4 is 14.2 Å². The number of thiazole rings is 1. The Morgan fingerprint density at radius 3 is 2.63 bits per heavy atom. The first-order valence-electron chi connectivity index (χ1n) is 9.93. The van der Waals surface area contributed by atoms with Gasteiger partial charge in [0.25, 0.3) is 5.19 Å². The molecule has 0 amide bonds. The van der Waals surface area contributed by atoms with Gasteiger partial charge in [0.1, 0.15) is 19.3 Å². The maximum atomic E-state index is 13.1. The highest BCUT2D eigenvalue weighted by atomic mass is 32.2. The SMILES string of the molecule is Cc1cccc2sc(OC3CCN(S(=O)(=O)c4ccc5c(c4)OCCO5)CC3)nc12. The van der Waals surface area contributed by atoms with Gasteiger partial charge in [-0.1, -0.05) is 23.5 Å². The van der Waals surface area contributed by atoms with Crippen LogP contribution in [-0.4, -0.2) is 50.1 Å². The summed E-state index contributed by atoms with van der Waals surface area (Å²) in [5, 5.41) is 0.646. The molecule has 0 unspecified atom stereocenters. The number of aromatic nitrogens is 1. The van der Waals surface area contributed by atoms with Gasteiger partial charge < -0.3 is 14.2 Å². The van der Waals surface area contributed by atoms with Gasteiger partial charge in [0.15, 0.2) is 11.5 Å². The third-order valence-corrected chi connectivity index (χ3v) is 8.23. The molecule has 3 heterocycles. The van der Waals surface area contributed by atoms with E-state index < -0.39 is 10.0 Å². The lowest BCUT2D eigenvalue weighted by atomic mass is 10.1. The molecule has 0 bridgehead atoms. The number of para-hydroxylation sites is 1. The van der Waals surface area contributed by atoms with E-state index in [-0.39, 0.29) is 11.0 Å². The summed E-state index contributed by atoms with van der Waals surface area (Å²) in [6, 6.07) is 10.9. The van der Waals surface area contributed by atoms with Crippen LogP contribution in [0.4, 0.5) is 0 Å². The number of ether oxygens (including phenoxy) is 3. The molecule has 0 saturated carbocycles. The van der Waals surface area contributed by atoms with E-state index in [2.05, 4.69) is 4.98 Å². The molecule has 0 N–H and O–H groups in total. The van der Waals surface area contributed by atoms with Crippen LogP contribution in [0.25, 0.3) is 10.2 Å². The number of sulfonamides is 1. The normalized spacial score (nSPS) is 17.9. The smallest absolute Gasteiger partial charge is 0.274 e. The second-order valence-electron chi connectivity index (χ2n) is 7.43. The highest BCUT2D eigenvalue weighted by Crippen LogP contribution is 2.35. The van der Waals surface area contributed by atoms with Crippen molar-refractivity contribution >= 4 is 31.6 Å². The van der Waals surface area contributed by atoms with Crippen molar-refractivity contribution in [3.05, 3.63) is 42.0 Å². The number of fused-ring (bicyclic) bond motifs is 2. The van der Waals surface area contributed by atoms with Crippen LogP contribution in [0.3, 0.4) is 0 Å². The molecular weight excluding hydrogens is 424 g/mol. The molecule has 0 aliphatic carbocycles. The zero-order chi connectivity index (χ0) is 20.7. The predicted molar refractivity (Wildman–Crippen MR) is 114 cm³/mol. The summed E-state index contributed by atoms with van der Waals surface area (Å²) in [5.74, 6) is 1.06. The van der Waals surface area contributed by atoms with Crippen molar-refractivity contribution in [2.75, 3.05) is 26.3 Å². The van der Waals surface area contributed by atoms with Crippen molar-refractivity contribution in [3.8, 4) is 16.7 Å². The summed E-state index contributed by atoms with van der Waals surface area (Å²) in [6.07, 6.45) is 1.20. The van der Waals surface area contributed by atoms with Crippen LogP contribution >= 0.6 is 11.3 Å². The summed E-state index contributed by atoms with van der Waals surface area (Å²) in [4.78, 5) is 4.83. The average molecular weight is 447 g/mol. The quantitative estimate of drug-likeness (QED) is 0.609. The van der Waals surface area contributed by atoms with Gasteiger partial charge in [-0.05, 0) is 43.5 Å². The first-order valence-corrected chi connectivity index (χ1v) is 12.2. The third-order valence-electron chi connectivity index (χ3n) is 5.42. The van der Waals surface area contributed by atoms with E-state index in [1.165, 1.54) is 15.6 Å². The van der Waals surface area contributed by atoms with E-state index in [0.717, 1.165) is 15.8 Å². The lowest BCUT2D eigenvalue weighted by Gasteiger charge is -2.31. The Bertz CT molecular complexity index is 1180. The molecule has 0 radical (unpaired) electrons. The molecule has 9 heteroatoms.